The number of amides is 1. The molecule has 0 spiro atoms. The van der Waals surface area contributed by atoms with Gasteiger partial charge in [-0.05, 0) is 48.1 Å². The quantitative estimate of drug-likeness (QED) is 0.867. The number of carbonyl (C=O) groups excluding carboxylic acids is 1. The summed E-state index contributed by atoms with van der Waals surface area (Å²) in [6.07, 6.45) is 5.22. The van der Waals surface area contributed by atoms with Crippen LogP contribution in [0.1, 0.15) is 42.4 Å². The third kappa shape index (κ3) is 3.71. The first-order valence-corrected chi connectivity index (χ1v) is 10.7. The van der Waals surface area contributed by atoms with Crippen molar-refractivity contribution in [3.05, 3.63) is 59.2 Å². The van der Waals surface area contributed by atoms with E-state index in [1.165, 1.54) is 11.1 Å². The number of benzene rings is 2. The van der Waals surface area contributed by atoms with Crippen LogP contribution in [0, 0.1) is 0 Å². The number of nitrogens with zero attached hydrogens (tertiary/aromatic N) is 1. The molecule has 1 amide bonds. The molecule has 0 bridgehead atoms. The lowest BCUT2D eigenvalue weighted by atomic mass is 9.87. The van der Waals surface area contributed by atoms with Gasteiger partial charge in [0.1, 0.15) is 13.2 Å². The van der Waals surface area contributed by atoms with E-state index in [0.29, 0.717) is 19.8 Å². The van der Waals surface area contributed by atoms with Crippen LogP contribution in [-0.4, -0.2) is 37.1 Å². The van der Waals surface area contributed by atoms with Crippen molar-refractivity contribution in [1.29, 1.82) is 0 Å². The topological polar surface area (TPSA) is 50.8 Å². The molecule has 1 fully saturated rings. The van der Waals surface area contributed by atoms with E-state index in [4.69, 9.17) is 9.47 Å². The summed E-state index contributed by atoms with van der Waals surface area (Å²) in [7, 11) is 0. The van der Waals surface area contributed by atoms with Gasteiger partial charge in [0.25, 0.3) is 0 Å². The number of hydrogen-bond acceptors (Lipinski definition) is 4. The Hall–Kier alpha value is -2.53. The standard InChI is InChI=1S/C24H28N2O3/c27-23(17-26-12-9-18-5-1-2-6-19(18)16-26)25-24(10-3-4-11-24)20-7-8-21-22(15-20)29-14-13-28-21/h1-2,5-8,15H,3-4,9-14,16-17H2,(H,25,27). The van der Waals surface area contributed by atoms with Gasteiger partial charge < -0.3 is 14.8 Å². The molecule has 5 heteroatoms. The van der Waals surface area contributed by atoms with Gasteiger partial charge in [-0.3, -0.25) is 9.69 Å². The van der Waals surface area contributed by atoms with Crippen molar-refractivity contribution in [2.24, 2.45) is 0 Å². The zero-order valence-corrected chi connectivity index (χ0v) is 16.8. The lowest BCUT2D eigenvalue weighted by Crippen LogP contribution is -2.48. The molecule has 1 N–H and O–H groups in total. The largest absolute Gasteiger partial charge is 0.486 e. The van der Waals surface area contributed by atoms with E-state index < -0.39 is 0 Å². The Bertz CT molecular complexity index is 905. The molecule has 3 aliphatic rings. The number of fused-ring (bicyclic) bond motifs is 2. The van der Waals surface area contributed by atoms with Crippen molar-refractivity contribution in [2.75, 3.05) is 26.3 Å². The third-order valence-corrected chi connectivity index (χ3v) is 6.51. The van der Waals surface area contributed by atoms with Crippen molar-refractivity contribution >= 4 is 5.91 Å². The summed E-state index contributed by atoms with van der Waals surface area (Å²) < 4.78 is 11.4. The maximum absolute atomic E-state index is 13.0. The first kappa shape index (κ1) is 18.5. The summed E-state index contributed by atoms with van der Waals surface area (Å²) in [5.41, 5.74) is 3.60. The van der Waals surface area contributed by atoms with E-state index in [-0.39, 0.29) is 11.4 Å². The molecule has 1 aliphatic carbocycles. The highest BCUT2D eigenvalue weighted by molar-refractivity contribution is 5.79. The van der Waals surface area contributed by atoms with Gasteiger partial charge in [0.2, 0.25) is 5.91 Å². The van der Waals surface area contributed by atoms with Gasteiger partial charge in [0.05, 0.1) is 12.1 Å². The molecule has 2 heterocycles. The van der Waals surface area contributed by atoms with Crippen LogP contribution in [0.5, 0.6) is 11.5 Å². The van der Waals surface area contributed by atoms with Gasteiger partial charge in [-0.15, -0.1) is 0 Å². The van der Waals surface area contributed by atoms with Crippen molar-refractivity contribution in [1.82, 2.24) is 10.2 Å². The van der Waals surface area contributed by atoms with Crippen LogP contribution in [0.3, 0.4) is 0 Å². The Labute approximate surface area is 172 Å². The van der Waals surface area contributed by atoms with Gasteiger partial charge in [-0.2, -0.15) is 0 Å². The van der Waals surface area contributed by atoms with Crippen LogP contribution in [0.15, 0.2) is 42.5 Å². The molecule has 0 atom stereocenters. The second-order valence-corrected chi connectivity index (χ2v) is 8.43. The van der Waals surface area contributed by atoms with Crippen LogP contribution >= 0.6 is 0 Å². The Kier molecular flexibility index (Phi) is 4.92. The van der Waals surface area contributed by atoms with E-state index in [0.717, 1.165) is 62.3 Å². The molecule has 152 valence electrons. The monoisotopic (exact) mass is 392 g/mol. The number of hydrogen-bond donors (Lipinski definition) is 1. The van der Waals surface area contributed by atoms with Gasteiger partial charge in [0.15, 0.2) is 11.5 Å². The van der Waals surface area contributed by atoms with Crippen LogP contribution in [0.25, 0.3) is 0 Å². The highest BCUT2D eigenvalue weighted by Gasteiger charge is 2.38. The van der Waals surface area contributed by atoms with E-state index in [1.807, 2.05) is 6.07 Å². The van der Waals surface area contributed by atoms with Crippen molar-refractivity contribution < 1.29 is 14.3 Å². The molecule has 0 radical (unpaired) electrons. The molecule has 5 nitrogen and oxygen atoms in total. The van der Waals surface area contributed by atoms with Crippen molar-refractivity contribution in [3.8, 4) is 11.5 Å². The molecule has 2 aromatic rings. The first-order chi connectivity index (χ1) is 14.2. The minimum atomic E-state index is -0.291. The van der Waals surface area contributed by atoms with E-state index in [9.17, 15) is 4.79 Å². The molecule has 1 saturated carbocycles. The van der Waals surface area contributed by atoms with Gasteiger partial charge in [-0.25, -0.2) is 0 Å². The van der Waals surface area contributed by atoms with E-state index in [2.05, 4.69) is 46.6 Å². The van der Waals surface area contributed by atoms with Crippen LogP contribution in [-0.2, 0) is 23.3 Å². The molecule has 0 unspecified atom stereocenters. The smallest absolute Gasteiger partial charge is 0.234 e. The average Bonchev–Trinajstić information content (AvgIpc) is 3.22. The predicted molar refractivity (Wildman–Crippen MR) is 111 cm³/mol. The Morgan fingerprint density at radius 1 is 1.00 bits per heavy atom. The molecule has 29 heavy (non-hydrogen) atoms. The van der Waals surface area contributed by atoms with Crippen molar-refractivity contribution in [3.63, 3.8) is 0 Å². The van der Waals surface area contributed by atoms with Crippen LogP contribution in [0.4, 0.5) is 0 Å². The van der Waals surface area contributed by atoms with E-state index >= 15 is 0 Å². The molecular weight excluding hydrogens is 364 g/mol. The average molecular weight is 392 g/mol. The molecule has 2 aliphatic heterocycles. The molecular formula is C24H28N2O3. The highest BCUT2D eigenvalue weighted by Crippen LogP contribution is 2.42. The number of nitrogens with one attached hydrogen (secondary N) is 1. The third-order valence-electron chi connectivity index (χ3n) is 6.51. The SMILES string of the molecule is O=C(CN1CCc2ccccc2C1)NC1(c2ccc3c(c2)OCCO3)CCCC1. The fourth-order valence-electron chi connectivity index (χ4n) is 5.00. The summed E-state index contributed by atoms with van der Waals surface area (Å²) in [5, 5.41) is 3.41. The summed E-state index contributed by atoms with van der Waals surface area (Å²) in [6, 6.07) is 14.7. The second-order valence-electron chi connectivity index (χ2n) is 8.43. The lowest BCUT2D eigenvalue weighted by Gasteiger charge is -2.34. The van der Waals surface area contributed by atoms with Gasteiger partial charge >= 0.3 is 0 Å². The Balaban J connectivity index is 1.30. The van der Waals surface area contributed by atoms with Crippen LogP contribution in [0.2, 0.25) is 0 Å². The Morgan fingerprint density at radius 2 is 1.76 bits per heavy atom. The molecule has 2 aromatic carbocycles. The molecule has 0 aromatic heterocycles. The highest BCUT2D eigenvalue weighted by atomic mass is 16.6. The molecule has 0 saturated heterocycles. The summed E-state index contributed by atoms with van der Waals surface area (Å²) in [6.45, 7) is 3.39. The number of ether oxygens (including phenoxy) is 2. The normalized spacial score (nSPS) is 20.1. The van der Waals surface area contributed by atoms with Gasteiger partial charge in [0, 0.05) is 13.1 Å². The van der Waals surface area contributed by atoms with Crippen LogP contribution < -0.4 is 14.8 Å². The fraction of sp³-hybridized carbons (Fsp3) is 0.458. The van der Waals surface area contributed by atoms with Gasteiger partial charge in [-0.1, -0.05) is 43.2 Å². The number of carbonyl (C=O) groups is 1. The summed E-state index contributed by atoms with van der Waals surface area (Å²) >= 11 is 0. The molecule has 5 rings (SSSR count). The maximum atomic E-state index is 13.0. The first-order valence-electron chi connectivity index (χ1n) is 10.7. The summed E-state index contributed by atoms with van der Waals surface area (Å²) in [4.78, 5) is 15.3. The van der Waals surface area contributed by atoms with Crippen molar-refractivity contribution in [2.45, 2.75) is 44.2 Å². The zero-order chi connectivity index (χ0) is 19.7. The van der Waals surface area contributed by atoms with E-state index in [1.54, 1.807) is 0 Å². The predicted octanol–water partition coefficient (Wildman–Crippen LogP) is 3.40. The fourth-order valence-corrected chi connectivity index (χ4v) is 5.00. The maximum Gasteiger partial charge on any atom is 0.234 e. The minimum absolute atomic E-state index is 0.112. The number of rotatable bonds is 4. The summed E-state index contributed by atoms with van der Waals surface area (Å²) in [5.74, 6) is 1.70. The minimum Gasteiger partial charge on any atom is -0.486 e. The zero-order valence-electron chi connectivity index (χ0n) is 16.8. The lowest BCUT2D eigenvalue weighted by molar-refractivity contribution is -0.124. The Morgan fingerprint density at radius 3 is 2.59 bits per heavy atom. The second kappa shape index (κ2) is 7.71.